The van der Waals surface area contributed by atoms with E-state index in [1.54, 1.807) is 0 Å². The maximum Gasteiger partial charge on any atom is 0.276 e. The van der Waals surface area contributed by atoms with E-state index in [0.717, 1.165) is 17.2 Å². The molecule has 0 spiro atoms. The van der Waals surface area contributed by atoms with Crippen LogP contribution in [0.15, 0.2) is 28.9 Å². The summed E-state index contributed by atoms with van der Waals surface area (Å²) in [5.74, 6) is -2.32. The van der Waals surface area contributed by atoms with Gasteiger partial charge in [-0.1, -0.05) is 12.1 Å². The molecule has 1 aliphatic rings. The molecule has 0 bridgehead atoms. The van der Waals surface area contributed by atoms with Crippen LogP contribution in [0.1, 0.15) is 28.4 Å². The number of carbonyl (C=O) groups is 1. The summed E-state index contributed by atoms with van der Waals surface area (Å²) in [5.41, 5.74) is -0.925. The molecule has 1 amide bonds. The standard InChI is InChI=1S/C16H14F4N2O4/c17-9-4-22(5-11(9)23)16(24)10-6-26-13(21-10)7-25-12-3-1-2-8(14(12)18)15(19)20/h1-3,6,9,11,15,23H,4-5,7H2/t9-,11-/m1/s1. The van der Waals surface area contributed by atoms with Crippen molar-refractivity contribution in [2.75, 3.05) is 13.1 Å². The maximum atomic E-state index is 13.9. The zero-order valence-corrected chi connectivity index (χ0v) is 13.2. The maximum absolute atomic E-state index is 13.9. The highest BCUT2D eigenvalue weighted by Gasteiger charge is 2.35. The molecule has 0 radical (unpaired) electrons. The van der Waals surface area contributed by atoms with Crippen molar-refractivity contribution >= 4 is 5.91 Å². The topological polar surface area (TPSA) is 75.8 Å². The molecule has 1 aromatic heterocycles. The highest BCUT2D eigenvalue weighted by molar-refractivity contribution is 5.92. The number of alkyl halides is 3. The van der Waals surface area contributed by atoms with Crippen molar-refractivity contribution in [2.45, 2.75) is 25.3 Å². The van der Waals surface area contributed by atoms with E-state index in [0.29, 0.717) is 0 Å². The quantitative estimate of drug-likeness (QED) is 0.814. The second-order valence-corrected chi connectivity index (χ2v) is 5.67. The van der Waals surface area contributed by atoms with Gasteiger partial charge in [0.25, 0.3) is 12.3 Å². The second kappa shape index (κ2) is 7.32. The average Bonchev–Trinajstić information content (AvgIpc) is 3.20. The first kappa shape index (κ1) is 18.2. The van der Waals surface area contributed by atoms with Gasteiger partial charge in [-0.3, -0.25) is 4.79 Å². The summed E-state index contributed by atoms with van der Waals surface area (Å²) < 4.78 is 62.6. The number of aromatic nitrogens is 1. The molecule has 26 heavy (non-hydrogen) atoms. The molecule has 1 aromatic carbocycles. The van der Waals surface area contributed by atoms with Crippen LogP contribution in [0.3, 0.4) is 0 Å². The van der Waals surface area contributed by atoms with Crippen molar-refractivity contribution in [3.8, 4) is 5.75 Å². The summed E-state index contributed by atoms with van der Waals surface area (Å²) in [5, 5.41) is 9.35. The Morgan fingerprint density at radius 2 is 2.19 bits per heavy atom. The number of hydrogen-bond acceptors (Lipinski definition) is 5. The van der Waals surface area contributed by atoms with Gasteiger partial charge in [-0.25, -0.2) is 22.5 Å². The van der Waals surface area contributed by atoms with E-state index >= 15 is 0 Å². The number of oxazole rings is 1. The van der Waals surface area contributed by atoms with Gasteiger partial charge in [-0.2, -0.15) is 0 Å². The van der Waals surface area contributed by atoms with Gasteiger partial charge < -0.3 is 19.2 Å². The minimum atomic E-state index is -2.99. The Morgan fingerprint density at radius 3 is 2.85 bits per heavy atom. The lowest BCUT2D eigenvalue weighted by Crippen LogP contribution is -2.29. The fourth-order valence-corrected chi connectivity index (χ4v) is 2.50. The van der Waals surface area contributed by atoms with Gasteiger partial charge in [0.2, 0.25) is 5.89 Å². The first-order valence-electron chi connectivity index (χ1n) is 7.62. The lowest BCUT2D eigenvalue weighted by Gasteiger charge is -2.12. The Balaban J connectivity index is 1.64. The van der Waals surface area contributed by atoms with Crippen LogP contribution in [0.2, 0.25) is 0 Å². The van der Waals surface area contributed by atoms with E-state index in [9.17, 15) is 27.5 Å². The van der Waals surface area contributed by atoms with Crippen molar-refractivity contribution in [3.63, 3.8) is 0 Å². The summed E-state index contributed by atoms with van der Waals surface area (Å²) >= 11 is 0. The van der Waals surface area contributed by atoms with Gasteiger partial charge >= 0.3 is 0 Å². The van der Waals surface area contributed by atoms with Gasteiger partial charge in [-0.15, -0.1) is 0 Å². The summed E-state index contributed by atoms with van der Waals surface area (Å²) in [4.78, 5) is 17.1. The summed E-state index contributed by atoms with van der Waals surface area (Å²) in [7, 11) is 0. The number of β-amino-alcohol motifs (C(OH)–C–C–N with tert-alkyl or cyclic N) is 1. The molecule has 2 atom stereocenters. The number of carbonyl (C=O) groups excluding carboxylic acids is 1. The third-order valence-corrected chi connectivity index (χ3v) is 3.86. The Labute approximate surface area is 145 Å². The van der Waals surface area contributed by atoms with Crippen molar-refractivity contribution in [3.05, 3.63) is 47.4 Å². The first-order valence-corrected chi connectivity index (χ1v) is 7.62. The largest absolute Gasteiger partial charge is 0.481 e. The predicted molar refractivity (Wildman–Crippen MR) is 79.0 cm³/mol. The van der Waals surface area contributed by atoms with E-state index in [4.69, 9.17) is 9.15 Å². The minimum Gasteiger partial charge on any atom is -0.481 e. The van der Waals surface area contributed by atoms with E-state index in [1.807, 2.05) is 0 Å². The van der Waals surface area contributed by atoms with Gasteiger partial charge in [0.15, 0.2) is 23.9 Å². The van der Waals surface area contributed by atoms with E-state index in [1.165, 1.54) is 12.1 Å². The number of likely N-dealkylation sites (tertiary alicyclic amines) is 1. The van der Waals surface area contributed by atoms with Crippen LogP contribution in [0.25, 0.3) is 0 Å². The van der Waals surface area contributed by atoms with Crippen LogP contribution in [0.4, 0.5) is 17.6 Å². The lowest BCUT2D eigenvalue weighted by atomic mass is 10.2. The molecule has 0 saturated carbocycles. The van der Waals surface area contributed by atoms with Crippen molar-refractivity contribution < 1.29 is 36.6 Å². The Bertz CT molecular complexity index is 788. The van der Waals surface area contributed by atoms with Gasteiger partial charge in [0.05, 0.1) is 18.7 Å². The van der Waals surface area contributed by atoms with Crippen LogP contribution in [-0.2, 0) is 6.61 Å². The molecule has 0 unspecified atom stereocenters. The third-order valence-electron chi connectivity index (χ3n) is 3.86. The predicted octanol–water partition coefficient (Wildman–Crippen LogP) is 2.49. The molecule has 2 aromatic rings. The van der Waals surface area contributed by atoms with Gasteiger partial charge in [0.1, 0.15) is 18.5 Å². The number of ether oxygens (including phenoxy) is 1. The Hall–Kier alpha value is -2.62. The molecule has 1 N–H and O–H groups in total. The molecule has 10 heteroatoms. The first-order chi connectivity index (χ1) is 12.4. The zero-order chi connectivity index (χ0) is 18.8. The fourth-order valence-electron chi connectivity index (χ4n) is 2.50. The molecule has 3 rings (SSSR count). The molecular weight excluding hydrogens is 360 g/mol. The molecule has 2 heterocycles. The highest BCUT2D eigenvalue weighted by atomic mass is 19.3. The number of aliphatic hydroxyl groups is 1. The van der Waals surface area contributed by atoms with Crippen LogP contribution < -0.4 is 4.74 Å². The molecular formula is C16H14F4N2O4. The van der Waals surface area contributed by atoms with Crippen LogP contribution >= 0.6 is 0 Å². The summed E-state index contributed by atoms with van der Waals surface area (Å²) in [6.45, 7) is -0.820. The molecule has 0 aliphatic carbocycles. The van der Waals surface area contributed by atoms with Crippen molar-refractivity contribution in [2.24, 2.45) is 0 Å². The van der Waals surface area contributed by atoms with Crippen molar-refractivity contribution in [1.29, 1.82) is 0 Å². The molecule has 1 aliphatic heterocycles. The van der Waals surface area contributed by atoms with E-state index in [2.05, 4.69) is 4.98 Å². The number of halogens is 4. The Kier molecular flexibility index (Phi) is 5.12. The summed E-state index contributed by atoms with van der Waals surface area (Å²) in [6.07, 6.45) is -4.75. The lowest BCUT2D eigenvalue weighted by molar-refractivity contribution is 0.0758. The summed E-state index contributed by atoms with van der Waals surface area (Å²) in [6, 6.07) is 3.33. The number of hydrogen-bond donors (Lipinski definition) is 1. The minimum absolute atomic E-state index is 0.0910. The van der Waals surface area contributed by atoms with Crippen molar-refractivity contribution in [1.82, 2.24) is 9.88 Å². The highest BCUT2D eigenvalue weighted by Crippen LogP contribution is 2.28. The number of amides is 1. The molecule has 140 valence electrons. The second-order valence-electron chi connectivity index (χ2n) is 5.67. The normalized spacial score (nSPS) is 20.0. The number of benzene rings is 1. The van der Waals surface area contributed by atoms with Crippen LogP contribution in [-0.4, -0.2) is 46.3 Å². The number of rotatable bonds is 5. The number of nitrogens with zero attached hydrogens (tertiary/aromatic N) is 2. The van der Waals surface area contributed by atoms with Crippen LogP contribution in [0.5, 0.6) is 5.75 Å². The monoisotopic (exact) mass is 374 g/mol. The van der Waals surface area contributed by atoms with Gasteiger partial charge in [-0.05, 0) is 6.07 Å². The third kappa shape index (κ3) is 3.64. The molecule has 6 nitrogen and oxygen atoms in total. The Morgan fingerprint density at radius 1 is 1.42 bits per heavy atom. The van der Waals surface area contributed by atoms with Crippen LogP contribution in [0, 0.1) is 5.82 Å². The smallest absolute Gasteiger partial charge is 0.276 e. The zero-order valence-electron chi connectivity index (χ0n) is 13.2. The SMILES string of the molecule is O=C(c1coc(COc2cccc(C(F)F)c2F)n1)N1C[C@@H](O)[C@H](F)C1. The molecule has 1 fully saturated rings. The van der Waals surface area contributed by atoms with E-state index < -0.39 is 48.3 Å². The fraction of sp³-hybridized carbons (Fsp3) is 0.375. The molecule has 1 saturated heterocycles. The average molecular weight is 374 g/mol. The van der Waals surface area contributed by atoms with Gasteiger partial charge in [0, 0.05) is 0 Å². The van der Waals surface area contributed by atoms with E-state index in [-0.39, 0.29) is 24.7 Å². The number of aliphatic hydroxyl groups excluding tert-OH is 1.